The van der Waals surface area contributed by atoms with Crippen LogP contribution in [-0.4, -0.2) is 28.1 Å². The molecule has 5 N–H and O–H groups in total. The van der Waals surface area contributed by atoms with E-state index in [0.717, 1.165) is 42.7 Å². The second kappa shape index (κ2) is 10.2. The van der Waals surface area contributed by atoms with Crippen LogP contribution in [0, 0.1) is 11.6 Å². The lowest BCUT2D eigenvalue weighted by atomic mass is 10.0. The zero-order valence-corrected chi connectivity index (χ0v) is 19.4. The van der Waals surface area contributed by atoms with Crippen molar-refractivity contribution in [2.75, 3.05) is 10.6 Å². The number of anilines is 2. The van der Waals surface area contributed by atoms with E-state index in [2.05, 4.69) is 9.69 Å². The predicted molar refractivity (Wildman–Crippen MR) is 128 cm³/mol. The molecule has 0 bridgehead atoms. The standard InChI is InChI=1S/C24H23F2N5O3S/c25-14-7-5-13(6-8-14)20(23(33)29-16-3-1-2-4-16)31(17-11-9-15(26)10-12-17)24(34)21-18(27)19(22(28)32)30-35-21/h5-12,16,20H,1-4,27H2,(H2,28,32)(H,29,33). The number of aromatic nitrogens is 1. The van der Waals surface area contributed by atoms with Crippen molar-refractivity contribution >= 4 is 40.6 Å². The topological polar surface area (TPSA) is 131 Å². The van der Waals surface area contributed by atoms with Gasteiger partial charge in [0.1, 0.15) is 22.6 Å². The lowest BCUT2D eigenvalue weighted by molar-refractivity contribution is -0.123. The average Bonchev–Trinajstić information content (AvgIpc) is 3.48. The molecule has 1 unspecified atom stereocenters. The minimum atomic E-state index is -1.24. The fraction of sp³-hybridized carbons (Fsp3) is 0.250. The zero-order chi connectivity index (χ0) is 25.1. The fourth-order valence-electron chi connectivity index (χ4n) is 4.14. The highest BCUT2D eigenvalue weighted by molar-refractivity contribution is 7.09. The van der Waals surface area contributed by atoms with Crippen LogP contribution >= 0.6 is 11.5 Å². The highest BCUT2D eigenvalue weighted by atomic mass is 32.1. The second-order valence-corrected chi connectivity index (χ2v) is 9.01. The Hall–Kier alpha value is -3.86. The van der Waals surface area contributed by atoms with Crippen LogP contribution in [0.2, 0.25) is 0 Å². The molecule has 11 heteroatoms. The first-order chi connectivity index (χ1) is 16.8. The summed E-state index contributed by atoms with van der Waals surface area (Å²) in [4.78, 5) is 40.1. The largest absolute Gasteiger partial charge is 0.395 e. The Morgan fingerprint density at radius 2 is 1.57 bits per heavy atom. The fourth-order valence-corrected chi connectivity index (χ4v) is 4.88. The molecule has 1 atom stereocenters. The molecule has 1 saturated carbocycles. The van der Waals surface area contributed by atoms with Crippen LogP contribution in [0.3, 0.4) is 0 Å². The number of carbonyl (C=O) groups excluding carboxylic acids is 3. The number of carbonyl (C=O) groups is 3. The molecule has 0 radical (unpaired) electrons. The number of benzene rings is 2. The summed E-state index contributed by atoms with van der Waals surface area (Å²) in [7, 11) is 0. The third-order valence-corrected chi connectivity index (χ3v) is 6.72. The van der Waals surface area contributed by atoms with Gasteiger partial charge in [-0.15, -0.1) is 0 Å². The highest BCUT2D eigenvalue weighted by Gasteiger charge is 2.37. The van der Waals surface area contributed by atoms with Crippen molar-refractivity contribution in [1.82, 2.24) is 9.69 Å². The third kappa shape index (κ3) is 5.14. The molecule has 2 aromatic carbocycles. The van der Waals surface area contributed by atoms with E-state index in [9.17, 15) is 23.2 Å². The molecule has 1 aliphatic rings. The maximum atomic E-state index is 13.8. The lowest BCUT2D eigenvalue weighted by Crippen LogP contribution is -2.46. The first-order valence-electron chi connectivity index (χ1n) is 11.0. The number of nitrogens with one attached hydrogen (secondary N) is 1. The molecule has 3 amide bonds. The number of rotatable bonds is 7. The molecule has 1 fully saturated rings. The Labute approximate surface area is 204 Å². The van der Waals surface area contributed by atoms with Gasteiger partial charge in [0.05, 0.1) is 5.69 Å². The van der Waals surface area contributed by atoms with E-state index in [1.807, 2.05) is 0 Å². The van der Waals surface area contributed by atoms with Crippen molar-refractivity contribution in [3.63, 3.8) is 0 Å². The molecule has 0 aliphatic heterocycles. The van der Waals surface area contributed by atoms with Gasteiger partial charge >= 0.3 is 0 Å². The monoisotopic (exact) mass is 499 g/mol. The second-order valence-electron chi connectivity index (χ2n) is 8.23. The maximum absolute atomic E-state index is 13.8. The van der Waals surface area contributed by atoms with Crippen LogP contribution in [0.4, 0.5) is 20.2 Å². The van der Waals surface area contributed by atoms with Crippen molar-refractivity contribution in [2.24, 2.45) is 5.73 Å². The van der Waals surface area contributed by atoms with E-state index < -0.39 is 35.4 Å². The first kappa shape index (κ1) is 24.3. The molecule has 35 heavy (non-hydrogen) atoms. The van der Waals surface area contributed by atoms with E-state index in [-0.39, 0.29) is 28.0 Å². The molecule has 1 aliphatic carbocycles. The van der Waals surface area contributed by atoms with Crippen molar-refractivity contribution in [1.29, 1.82) is 0 Å². The predicted octanol–water partition coefficient (Wildman–Crippen LogP) is 3.55. The van der Waals surface area contributed by atoms with Crippen LogP contribution < -0.4 is 21.7 Å². The average molecular weight is 500 g/mol. The molecule has 1 heterocycles. The Bertz CT molecular complexity index is 1240. The maximum Gasteiger partial charge on any atom is 0.273 e. The summed E-state index contributed by atoms with van der Waals surface area (Å²) in [5.41, 5.74) is 11.4. The number of halogens is 2. The van der Waals surface area contributed by atoms with E-state index >= 15 is 0 Å². The van der Waals surface area contributed by atoms with Gasteiger partial charge in [-0.2, -0.15) is 4.37 Å². The summed E-state index contributed by atoms with van der Waals surface area (Å²) in [6, 6.07) is 8.87. The lowest BCUT2D eigenvalue weighted by Gasteiger charge is -2.32. The minimum absolute atomic E-state index is 0.0643. The zero-order valence-electron chi connectivity index (χ0n) is 18.5. The van der Waals surface area contributed by atoms with Gasteiger partial charge in [-0.1, -0.05) is 25.0 Å². The van der Waals surface area contributed by atoms with Gasteiger partial charge in [0.15, 0.2) is 5.69 Å². The third-order valence-electron chi connectivity index (χ3n) is 5.87. The minimum Gasteiger partial charge on any atom is -0.395 e. The molecule has 1 aromatic heterocycles. The van der Waals surface area contributed by atoms with Crippen molar-refractivity contribution in [2.45, 2.75) is 37.8 Å². The number of primary amides is 1. The summed E-state index contributed by atoms with van der Waals surface area (Å²) >= 11 is 0.666. The van der Waals surface area contributed by atoms with E-state index in [1.54, 1.807) is 0 Å². The SMILES string of the molecule is NC(=O)c1nsc(C(=O)N(c2ccc(F)cc2)C(C(=O)NC2CCCC2)c2ccc(F)cc2)c1N. The van der Waals surface area contributed by atoms with Gasteiger partial charge in [-0.3, -0.25) is 19.3 Å². The summed E-state index contributed by atoms with van der Waals surface area (Å²) in [6.07, 6.45) is 3.55. The van der Waals surface area contributed by atoms with Crippen LogP contribution in [0.25, 0.3) is 0 Å². The van der Waals surface area contributed by atoms with E-state index in [1.165, 1.54) is 36.4 Å². The summed E-state index contributed by atoms with van der Waals surface area (Å²) in [5.74, 6) is -3.18. The summed E-state index contributed by atoms with van der Waals surface area (Å²) < 4.78 is 31.3. The molecule has 8 nitrogen and oxygen atoms in total. The molecule has 4 rings (SSSR count). The van der Waals surface area contributed by atoms with Crippen molar-refractivity contribution in [3.05, 3.63) is 76.3 Å². The van der Waals surface area contributed by atoms with Gasteiger partial charge in [0, 0.05) is 11.7 Å². The van der Waals surface area contributed by atoms with E-state index in [0.29, 0.717) is 17.1 Å². The van der Waals surface area contributed by atoms with Crippen LogP contribution in [0.15, 0.2) is 48.5 Å². The molecule has 0 spiro atoms. The summed E-state index contributed by atoms with van der Waals surface area (Å²) in [5, 5.41) is 2.98. The van der Waals surface area contributed by atoms with Crippen LogP contribution in [0.1, 0.15) is 57.4 Å². The smallest absolute Gasteiger partial charge is 0.273 e. The number of hydrogen-bond donors (Lipinski definition) is 3. The van der Waals surface area contributed by atoms with Gasteiger partial charge in [0.2, 0.25) is 5.91 Å². The van der Waals surface area contributed by atoms with Crippen LogP contribution in [0.5, 0.6) is 0 Å². The molecule has 3 aromatic rings. The van der Waals surface area contributed by atoms with Crippen molar-refractivity contribution in [3.8, 4) is 0 Å². The Morgan fingerprint density at radius 1 is 1.00 bits per heavy atom. The first-order valence-corrected chi connectivity index (χ1v) is 11.7. The number of nitrogen functional groups attached to an aromatic ring is 1. The highest BCUT2D eigenvalue weighted by Crippen LogP contribution is 2.34. The van der Waals surface area contributed by atoms with Crippen molar-refractivity contribution < 1.29 is 23.2 Å². The Balaban J connectivity index is 1.84. The van der Waals surface area contributed by atoms with Crippen LogP contribution in [-0.2, 0) is 4.79 Å². The van der Waals surface area contributed by atoms with Gasteiger partial charge in [0.25, 0.3) is 11.8 Å². The Morgan fingerprint density at radius 3 is 2.11 bits per heavy atom. The number of nitrogens with zero attached hydrogens (tertiary/aromatic N) is 2. The molecular formula is C24H23F2N5O3S. The normalized spacial score (nSPS) is 14.5. The number of hydrogen-bond acceptors (Lipinski definition) is 6. The van der Waals surface area contributed by atoms with Gasteiger partial charge in [-0.25, -0.2) is 8.78 Å². The quantitative estimate of drug-likeness (QED) is 0.458. The van der Waals surface area contributed by atoms with Gasteiger partial charge in [-0.05, 0) is 66.3 Å². The molecule has 182 valence electrons. The molecule has 0 saturated heterocycles. The molecular weight excluding hydrogens is 476 g/mol. The Kier molecular flexibility index (Phi) is 7.06. The van der Waals surface area contributed by atoms with E-state index in [4.69, 9.17) is 11.5 Å². The number of nitrogens with two attached hydrogens (primary N) is 2. The van der Waals surface area contributed by atoms with Gasteiger partial charge < -0.3 is 16.8 Å². The number of amides is 3. The summed E-state index contributed by atoms with van der Waals surface area (Å²) in [6.45, 7) is 0.